The zero-order valence-corrected chi connectivity index (χ0v) is 15.8. The van der Waals surface area contributed by atoms with E-state index in [1.807, 2.05) is 0 Å². The van der Waals surface area contributed by atoms with Gasteiger partial charge in [-0.1, -0.05) is 30.4 Å². The van der Waals surface area contributed by atoms with Crippen molar-refractivity contribution in [1.29, 1.82) is 0 Å². The molecule has 28 heavy (non-hydrogen) atoms. The van der Waals surface area contributed by atoms with E-state index in [9.17, 15) is 9.59 Å². The lowest BCUT2D eigenvalue weighted by Crippen LogP contribution is -2.20. The molecule has 0 spiro atoms. The Hall–Kier alpha value is -2.88. The predicted octanol–water partition coefficient (Wildman–Crippen LogP) is 4.20. The monoisotopic (exact) mass is 372 g/mol. The minimum absolute atomic E-state index is 0.0305. The van der Waals surface area contributed by atoms with Gasteiger partial charge in [0.1, 0.15) is 11.9 Å². The second kappa shape index (κ2) is 5.34. The topological polar surface area (TPSA) is 52.6 Å². The SMILES string of the molecule is CC(=O)Oc1c2c(c3c4cc5c(cc14)[C@H](C=CC5)C3)[C@H]1C=C[C@@H]2C1OC(C)=O. The van der Waals surface area contributed by atoms with Gasteiger partial charge in [-0.05, 0) is 46.5 Å². The molecule has 5 aliphatic carbocycles. The molecule has 0 amide bonds. The summed E-state index contributed by atoms with van der Waals surface area (Å²) >= 11 is 0. The normalized spacial score (nSPS) is 27.4. The molecule has 0 saturated carbocycles. The molecule has 140 valence electrons. The first kappa shape index (κ1) is 16.1. The fourth-order valence-corrected chi connectivity index (χ4v) is 5.78. The highest BCUT2D eigenvalue weighted by Crippen LogP contribution is 2.59. The van der Waals surface area contributed by atoms with E-state index in [0.717, 1.165) is 23.8 Å². The molecule has 0 aliphatic heterocycles. The van der Waals surface area contributed by atoms with Crippen LogP contribution in [0.25, 0.3) is 10.8 Å². The zero-order valence-electron chi connectivity index (χ0n) is 15.8. The lowest BCUT2D eigenvalue weighted by molar-refractivity contribution is -0.146. The van der Waals surface area contributed by atoms with Crippen molar-refractivity contribution in [3.05, 3.63) is 64.3 Å². The maximum absolute atomic E-state index is 12.0. The van der Waals surface area contributed by atoms with E-state index in [4.69, 9.17) is 9.47 Å². The number of carbonyl (C=O) groups excluding carboxylic acids is 2. The number of fused-ring (bicyclic) bond motifs is 5. The summed E-state index contributed by atoms with van der Waals surface area (Å²) in [6, 6.07) is 4.51. The molecule has 1 unspecified atom stereocenters. The van der Waals surface area contributed by atoms with Gasteiger partial charge in [0, 0.05) is 42.6 Å². The van der Waals surface area contributed by atoms with Crippen LogP contribution in [0.2, 0.25) is 0 Å². The number of hydrogen-bond donors (Lipinski definition) is 0. The van der Waals surface area contributed by atoms with Gasteiger partial charge in [0.25, 0.3) is 0 Å². The summed E-state index contributed by atoms with van der Waals surface area (Å²) in [6.07, 6.45) is 10.5. The highest BCUT2D eigenvalue weighted by molar-refractivity contribution is 5.99. The summed E-state index contributed by atoms with van der Waals surface area (Å²) in [5, 5.41) is 2.20. The molecule has 8 bridgehead atoms. The first-order valence-electron chi connectivity index (χ1n) is 9.88. The van der Waals surface area contributed by atoms with Crippen LogP contribution in [0.1, 0.15) is 59.4 Å². The molecule has 0 N–H and O–H groups in total. The molecular formula is C24H20O4. The second-order valence-electron chi connectivity index (χ2n) is 8.28. The number of ether oxygens (including phenoxy) is 2. The molecule has 2 aromatic carbocycles. The van der Waals surface area contributed by atoms with Crippen LogP contribution in [0.3, 0.4) is 0 Å². The molecule has 0 saturated heterocycles. The van der Waals surface area contributed by atoms with Gasteiger partial charge in [-0.2, -0.15) is 0 Å². The molecule has 0 radical (unpaired) electrons. The Kier molecular flexibility index (Phi) is 3.07. The Morgan fingerprint density at radius 3 is 2.50 bits per heavy atom. The molecule has 5 aliphatic rings. The summed E-state index contributed by atoms with van der Waals surface area (Å²) in [5.41, 5.74) is 6.29. The van der Waals surface area contributed by atoms with Crippen LogP contribution in [-0.4, -0.2) is 18.0 Å². The van der Waals surface area contributed by atoms with Gasteiger partial charge in [-0.15, -0.1) is 0 Å². The van der Waals surface area contributed by atoms with Crippen molar-refractivity contribution in [2.75, 3.05) is 0 Å². The Balaban J connectivity index is 1.68. The third kappa shape index (κ3) is 1.95. The van der Waals surface area contributed by atoms with Crippen molar-refractivity contribution < 1.29 is 19.1 Å². The van der Waals surface area contributed by atoms with E-state index in [1.165, 1.54) is 41.5 Å². The van der Waals surface area contributed by atoms with Gasteiger partial charge in [-0.3, -0.25) is 9.59 Å². The first-order valence-corrected chi connectivity index (χ1v) is 9.88. The maximum Gasteiger partial charge on any atom is 0.308 e. The van der Waals surface area contributed by atoms with Crippen molar-refractivity contribution >= 4 is 22.7 Å². The van der Waals surface area contributed by atoms with Gasteiger partial charge in [0.15, 0.2) is 0 Å². The van der Waals surface area contributed by atoms with Crippen LogP contribution in [0.5, 0.6) is 5.75 Å². The van der Waals surface area contributed by atoms with E-state index < -0.39 is 0 Å². The highest BCUT2D eigenvalue weighted by atomic mass is 16.5. The average molecular weight is 372 g/mol. The van der Waals surface area contributed by atoms with E-state index >= 15 is 0 Å². The molecule has 4 atom stereocenters. The third-order valence-corrected chi connectivity index (χ3v) is 6.69. The van der Waals surface area contributed by atoms with Crippen LogP contribution in [0.15, 0.2) is 36.4 Å². The van der Waals surface area contributed by atoms with Crippen LogP contribution >= 0.6 is 0 Å². The molecule has 4 heteroatoms. The van der Waals surface area contributed by atoms with Gasteiger partial charge in [0.05, 0.1) is 0 Å². The molecular weight excluding hydrogens is 352 g/mol. The van der Waals surface area contributed by atoms with Crippen molar-refractivity contribution in [1.82, 2.24) is 0 Å². The van der Waals surface area contributed by atoms with E-state index in [2.05, 4.69) is 36.4 Å². The number of allylic oxidation sites excluding steroid dienone is 2. The van der Waals surface area contributed by atoms with Crippen LogP contribution < -0.4 is 4.74 Å². The molecule has 0 aromatic heterocycles. The standard InChI is InChI=1S/C24H20O4/c1-11(25)27-23-15-6-7-16(23)22-21(15)19-9-14-5-3-4-13-8-18(19)20(10-17(13)14)24(22)28-12(2)26/h3,5-8,10,14-16,23H,4,9H2,1-2H3/t14-,15-,16+,23?/m1/s1. The Morgan fingerprint density at radius 1 is 0.964 bits per heavy atom. The van der Waals surface area contributed by atoms with Crippen molar-refractivity contribution in [2.24, 2.45) is 0 Å². The number of benzene rings is 2. The lowest BCUT2D eigenvalue weighted by Gasteiger charge is -2.20. The van der Waals surface area contributed by atoms with Gasteiger partial charge < -0.3 is 9.47 Å². The van der Waals surface area contributed by atoms with Crippen molar-refractivity contribution in [3.63, 3.8) is 0 Å². The number of esters is 2. The van der Waals surface area contributed by atoms with Crippen LogP contribution in [0.4, 0.5) is 0 Å². The molecule has 4 nitrogen and oxygen atoms in total. The van der Waals surface area contributed by atoms with E-state index in [0.29, 0.717) is 11.7 Å². The molecule has 2 aromatic rings. The Morgan fingerprint density at radius 2 is 1.75 bits per heavy atom. The minimum atomic E-state index is -0.319. The maximum atomic E-state index is 12.0. The van der Waals surface area contributed by atoms with Gasteiger partial charge in [0.2, 0.25) is 0 Å². The average Bonchev–Trinajstić information content (AvgIpc) is 3.11. The van der Waals surface area contributed by atoms with E-state index in [-0.39, 0.29) is 29.9 Å². The predicted molar refractivity (Wildman–Crippen MR) is 105 cm³/mol. The lowest BCUT2D eigenvalue weighted by atomic mass is 9.85. The van der Waals surface area contributed by atoms with Crippen molar-refractivity contribution in [3.8, 4) is 5.75 Å². The van der Waals surface area contributed by atoms with Crippen molar-refractivity contribution in [2.45, 2.75) is 50.5 Å². The number of rotatable bonds is 2. The smallest absolute Gasteiger partial charge is 0.308 e. The molecule has 0 fully saturated rings. The van der Waals surface area contributed by atoms with Crippen LogP contribution in [-0.2, 0) is 27.2 Å². The molecule has 0 heterocycles. The summed E-state index contributed by atoms with van der Waals surface area (Å²) in [5.74, 6) is 0.399. The van der Waals surface area contributed by atoms with Gasteiger partial charge in [-0.25, -0.2) is 0 Å². The number of carbonyl (C=O) groups is 2. The van der Waals surface area contributed by atoms with Crippen LogP contribution in [0, 0.1) is 0 Å². The summed E-state index contributed by atoms with van der Waals surface area (Å²) in [4.78, 5) is 23.7. The largest absolute Gasteiger partial charge is 0.461 e. The Labute approximate surface area is 162 Å². The zero-order chi connectivity index (χ0) is 19.2. The summed E-state index contributed by atoms with van der Waals surface area (Å²) in [6.45, 7) is 2.90. The first-order chi connectivity index (χ1) is 13.5. The minimum Gasteiger partial charge on any atom is -0.461 e. The quantitative estimate of drug-likeness (QED) is 0.450. The fraction of sp³-hybridized carbons (Fsp3) is 0.333. The second-order valence-corrected chi connectivity index (χ2v) is 8.28. The fourth-order valence-electron chi connectivity index (χ4n) is 5.78. The summed E-state index contributed by atoms with van der Waals surface area (Å²) in [7, 11) is 0. The highest BCUT2D eigenvalue weighted by Gasteiger charge is 2.49. The Bertz CT molecular complexity index is 1150. The number of hydrogen-bond acceptors (Lipinski definition) is 4. The van der Waals surface area contributed by atoms with E-state index in [1.54, 1.807) is 0 Å². The third-order valence-electron chi connectivity index (χ3n) is 6.69. The summed E-state index contributed by atoms with van der Waals surface area (Å²) < 4.78 is 11.5. The molecule has 7 rings (SSSR count). The van der Waals surface area contributed by atoms with Gasteiger partial charge >= 0.3 is 11.9 Å².